The third-order valence-electron chi connectivity index (χ3n) is 2.87. The van der Waals surface area contributed by atoms with Crippen LogP contribution in [-0.4, -0.2) is 26.8 Å². The Bertz CT molecular complexity index is 872. The number of nitrogens with zero attached hydrogens (tertiary/aromatic N) is 3. The lowest BCUT2D eigenvalue weighted by molar-refractivity contribution is -0.113. The zero-order valence-electron chi connectivity index (χ0n) is 12.1. The molecule has 1 aromatic carbocycles. The van der Waals surface area contributed by atoms with E-state index in [1.807, 2.05) is 12.1 Å². The molecule has 0 saturated heterocycles. The molecule has 0 atom stereocenters. The van der Waals surface area contributed by atoms with Crippen molar-refractivity contribution in [2.75, 3.05) is 11.1 Å². The predicted octanol–water partition coefficient (Wildman–Crippen LogP) is 4.17. The van der Waals surface area contributed by atoms with E-state index < -0.39 is 0 Å². The van der Waals surface area contributed by atoms with Gasteiger partial charge in [-0.25, -0.2) is 4.98 Å². The fourth-order valence-corrected chi connectivity index (χ4v) is 2.75. The highest BCUT2D eigenvalue weighted by Crippen LogP contribution is 2.28. The topological polar surface area (TPSA) is 80.9 Å². The number of aromatic nitrogens is 3. The Hall–Kier alpha value is -2.09. The lowest BCUT2D eigenvalue weighted by atomic mass is 10.2. The van der Waals surface area contributed by atoms with Gasteiger partial charge in [-0.15, -0.1) is 10.2 Å². The molecule has 3 aromatic rings. The molecule has 0 spiro atoms. The number of carbonyl (C=O) groups is 1. The Balaban J connectivity index is 1.61. The van der Waals surface area contributed by atoms with E-state index in [1.165, 1.54) is 0 Å². The summed E-state index contributed by atoms with van der Waals surface area (Å²) in [5.41, 5.74) is 1.09. The van der Waals surface area contributed by atoms with Crippen molar-refractivity contribution in [2.45, 2.75) is 5.22 Å². The minimum Gasteiger partial charge on any atom is -0.411 e. The van der Waals surface area contributed by atoms with Crippen molar-refractivity contribution in [3.63, 3.8) is 0 Å². The summed E-state index contributed by atoms with van der Waals surface area (Å²) in [6.07, 6.45) is 1.54. The van der Waals surface area contributed by atoms with E-state index in [4.69, 9.17) is 27.6 Å². The van der Waals surface area contributed by atoms with E-state index in [0.717, 1.165) is 11.8 Å². The van der Waals surface area contributed by atoms with Gasteiger partial charge >= 0.3 is 0 Å². The standard InChI is InChI=1S/C15H10Cl2N4O2S/c16-10-5-2-1-4-9(10)14-20-21-15(23-14)24-8-12(22)19-11-6-3-7-18-13(11)17/h1-7H,8H2,(H,19,22). The van der Waals surface area contributed by atoms with E-state index in [0.29, 0.717) is 22.2 Å². The molecule has 0 aliphatic rings. The van der Waals surface area contributed by atoms with Crippen LogP contribution >= 0.6 is 35.0 Å². The Kier molecular flexibility index (Phi) is 5.34. The lowest BCUT2D eigenvalue weighted by Gasteiger charge is -2.04. The molecular weight excluding hydrogens is 371 g/mol. The second-order valence-corrected chi connectivity index (χ2v) is 6.22. The largest absolute Gasteiger partial charge is 0.411 e. The zero-order chi connectivity index (χ0) is 16.9. The van der Waals surface area contributed by atoms with Crippen LogP contribution in [0.1, 0.15) is 0 Å². The Labute approximate surface area is 151 Å². The minimum atomic E-state index is -0.257. The second kappa shape index (κ2) is 7.65. The van der Waals surface area contributed by atoms with Gasteiger partial charge in [0.2, 0.25) is 11.8 Å². The van der Waals surface area contributed by atoms with Crippen LogP contribution in [0.15, 0.2) is 52.2 Å². The van der Waals surface area contributed by atoms with Gasteiger partial charge in [-0.2, -0.15) is 0 Å². The highest BCUT2D eigenvalue weighted by atomic mass is 35.5. The highest BCUT2D eigenvalue weighted by molar-refractivity contribution is 7.99. The van der Waals surface area contributed by atoms with Crippen molar-refractivity contribution >= 4 is 46.6 Å². The number of thioether (sulfide) groups is 1. The second-order valence-electron chi connectivity index (χ2n) is 4.53. The van der Waals surface area contributed by atoms with Crippen LogP contribution < -0.4 is 5.32 Å². The van der Waals surface area contributed by atoms with Gasteiger partial charge in [0.15, 0.2) is 5.15 Å². The summed E-state index contributed by atoms with van der Waals surface area (Å²) in [5.74, 6) is 0.140. The van der Waals surface area contributed by atoms with Gasteiger partial charge < -0.3 is 9.73 Å². The molecule has 0 bridgehead atoms. The van der Waals surface area contributed by atoms with Crippen molar-refractivity contribution in [3.8, 4) is 11.5 Å². The molecule has 0 aliphatic carbocycles. The average Bonchev–Trinajstić information content (AvgIpc) is 3.04. The molecule has 9 heteroatoms. The number of hydrogen-bond acceptors (Lipinski definition) is 6. The van der Waals surface area contributed by atoms with Gasteiger partial charge in [0.05, 0.1) is 22.0 Å². The molecule has 0 radical (unpaired) electrons. The van der Waals surface area contributed by atoms with Crippen LogP contribution in [0.5, 0.6) is 0 Å². The summed E-state index contributed by atoms with van der Waals surface area (Å²) >= 11 is 13.1. The molecule has 24 heavy (non-hydrogen) atoms. The normalized spacial score (nSPS) is 10.6. The first kappa shape index (κ1) is 16.8. The monoisotopic (exact) mass is 380 g/mol. The van der Waals surface area contributed by atoms with E-state index in [1.54, 1.807) is 30.5 Å². The maximum absolute atomic E-state index is 11.9. The summed E-state index contributed by atoms with van der Waals surface area (Å²) in [6, 6.07) is 10.5. The van der Waals surface area contributed by atoms with Crippen LogP contribution in [0.3, 0.4) is 0 Å². The number of amides is 1. The molecule has 0 fully saturated rings. The first-order valence-corrected chi connectivity index (χ1v) is 8.49. The molecular formula is C15H10Cl2N4O2S. The van der Waals surface area contributed by atoms with Crippen LogP contribution in [0.2, 0.25) is 10.2 Å². The molecule has 1 N–H and O–H groups in total. The number of anilines is 1. The number of pyridine rings is 1. The van der Waals surface area contributed by atoms with E-state index in [2.05, 4.69) is 20.5 Å². The van der Waals surface area contributed by atoms with Gasteiger partial charge in [0, 0.05) is 6.20 Å². The fourth-order valence-electron chi connectivity index (χ4n) is 1.80. The van der Waals surface area contributed by atoms with Crippen LogP contribution in [0.25, 0.3) is 11.5 Å². The first-order valence-electron chi connectivity index (χ1n) is 6.75. The molecule has 0 saturated carbocycles. The van der Waals surface area contributed by atoms with E-state index in [9.17, 15) is 4.79 Å². The van der Waals surface area contributed by atoms with E-state index >= 15 is 0 Å². The van der Waals surface area contributed by atoms with Crippen molar-refractivity contribution in [1.29, 1.82) is 0 Å². The quantitative estimate of drug-likeness (QED) is 0.528. The maximum atomic E-state index is 11.9. The Morgan fingerprint density at radius 1 is 1.17 bits per heavy atom. The number of halogens is 2. The Morgan fingerprint density at radius 3 is 2.79 bits per heavy atom. The summed E-state index contributed by atoms with van der Waals surface area (Å²) < 4.78 is 5.51. The molecule has 3 rings (SSSR count). The number of nitrogens with one attached hydrogen (secondary N) is 1. The molecule has 6 nitrogen and oxygen atoms in total. The number of carbonyl (C=O) groups excluding carboxylic acids is 1. The van der Waals surface area contributed by atoms with Crippen molar-refractivity contribution in [1.82, 2.24) is 15.2 Å². The molecule has 0 aliphatic heterocycles. The van der Waals surface area contributed by atoms with Crippen LogP contribution in [0.4, 0.5) is 5.69 Å². The third kappa shape index (κ3) is 4.05. The summed E-state index contributed by atoms with van der Waals surface area (Å²) in [4.78, 5) is 15.8. The Morgan fingerprint density at radius 2 is 2.00 bits per heavy atom. The lowest BCUT2D eigenvalue weighted by Crippen LogP contribution is -2.14. The smallest absolute Gasteiger partial charge is 0.277 e. The SMILES string of the molecule is O=C(CSc1nnc(-c2ccccc2Cl)o1)Nc1cccnc1Cl. The first-order chi connectivity index (χ1) is 11.6. The predicted molar refractivity (Wildman–Crippen MR) is 93.3 cm³/mol. The fraction of sp³-hybridized carbons (Fsp3) is 0.0667. The van der Waals surface area contributed by atoms with Crippen molar-refractivity contribution in [3.05, 3.63) is 52.8 Å². The molecule has 0 unspecified atom stereocenters. The minimum absolute atomic E-state index is 0.0926. The third-order valence-corrected chi connectivity index (χ3v) is 4.32. The van der Waals surface area contributed by atoms with Crippen LogP contribution in [0, 0.1) is 0 Å². The maximum Gasteiger partial charge on any atom is 0.277 e. The van der Waals surface area contributed by atoms with E-state index in [-0.39, 0.29) is 22.0 Å². The van der Waals surface area contributed by atoms with Gasteiger partial charge in [-0.3, -0.25) is 4.79 Å². The van der Waals surface area contributed by atoms with Gasteiger partial charge in [-0.1, -0.05) is 47.1 Å². The van der Waals surface area contributed by atoms with Crippen molar-refractivity contribution < 1.29 is 9.21 Å². The molecule has 2 aromatic heterocycles. The molecule has 2 heterocycles. The summed E-state index contributed by atoms with van der Waals surface area (Å²) in [7, 11) is 0. The number of rotatable bonds is 5. The van der Waals surface area contributed by atoms with Crippen molar-refractivity contribution in [2.24, 2.45) is 0 Å². The van der Waals surface area contributed by atoms with Gasteiger partial charge in [0.1, 0.15) is 0 Å². The highest BCUT2D eigenvalue weighted by Gasteiger charge is 2.13. The molecule has 1 amide bonds. The average molecular weight is 381 g/mol. The number of benzene rings is 1. The summed E-state index contributed by atoms with van der Waals surface area (Å²) in [5, 5.41) is 11.5. The van der Waals surface area contributed by atoms with Gasteiger partial charge in [-0.05, 0) is 24.3 Å². The summed E-state index contributed by atoms with van der Waals surface area (Å²) in [6.45, 7) is 0. The van der Waals surface area contributed by atoms with Gasteiger partial charge in [0.25, 0.3) is 5.22 Å². The zero-order valence-corrected chi connectivity index (χ0v) is 14.4. The number of hydrogen-bond donors (Lipinski definition) is 1. The molecule has 122 valence electrons. The van der Waals surface area contributed by atoms with Crippen LogP contribution in [-0.2, 0) is 4.79 Å².